The Balaban J connectivity index is 2.40. The van der Waals surface area contributed by atoms with Crippen molar-refractivity contribution in [2.45, 2.75) is 12.3 Å². The number of ether oxygens (including phenoxy) is 1. The monoisotopic (exact) mass is 207 g/mol. The first-order valence-electron chi connectivity index (χ1n) is 4.87. The Bertz CT molecular complexity index is 389. The van der Waals surface area contributed by atoms with Gasteiger partial charge in [0, 0.05) is 12.2 Å². The van der Waals surface area contributed by atoms with Crippen molar-refractivity contribution < 1.29 is 14.6 Å². The summed E-state index contributed by atoms with van der Waals surface area (Å²) in [6, 6.07) is 4.99. The van der Waals surface area contributed by atoms with Crippen molar-refractivity contribution in [3.8, 4) is 5.75 Å². The van der Waals surface area contributed by atoms with Crippen LogP contribution in [0.2, 0.25) is 0 Å². The minimum Gasteiger partial charge on any atom is -0.508 e. The van der Waals surface area contributed by atoms with Gasteiger partial charge < -0.3 is 15.2 Å². The number of fused-ring (bicyclic) bond motifs is 1. The number of phenolic OH excluding ortho intramolecular Hbond substituents is 1. The smallest absolute Gasteiger partial charge is 0.313 e. The molecule has 1 aliphatic rings. The fraction of sp³-hybridized carbons (Fsp3) is 0.364. The summed E-state index contributed by atoms with van der Waals surface area (Å²) in [6.45, 7) is 0.748. The average molecular weight is 207 g/mol. The molecule has 0 spiro atoms. The zero-order valence-corrected chi connectivity index (χ0v) is 8.49. The van der Waals surface area contributed by atoms with E-state index in [0.29, 0.717) is 6.42 Å². The molecule has 80 valence electrons. The maximum Gasteiger partial charge on any atom is 0.313 e. The summed E-state index contributed by atoms with van der Waals surface area (Å²) in [5.41, 5.74) is 1.71. The molecule has 1 aromatic rings. The number of carbonyl (C=O) groups excluding carboxylic acids is 1. The molecule has 1 aliphatic heterocycles. The van der Waals surface area contributed by atoms with Crippen molar-refractivity contribution in [2.75, 3.05) is 19.0 Å². The molecule has 0 fully saturated rings. The predicted octanol–water partition coefficient (Wildman–Crippen LogP) is 1.46. The van der Waals surface area contributed by atoms with Crippen molar-refractivity contribution >= 4 is 11.7 Å². The van der Waals surface area contributed by atoms with Gasteiger partial charge in [-0.15, -0.1) is 0 Å². The van der Waals surface area contributed by atoms with Crippen molar-refractivity contribution in [3.63, 3.8) is 0 Å². The minimum atomic E-state index is -0.265. The van der Waals surface area contributed by atoms with E-state index in [1.165, 1.54) is 7.11 Å². The molecule has 15 heavy (non-hydrogen) atoms. The van der Waals surface area contributed by atoms with E-state index in [2.05, 4.69) is 5.32 Å². The lowest BCUT2D eigenvalue weighted by Crippen LogP contribution is -2.23. The first kappa shape index (κ1) is 9.83. The van der Waals surface area contributed by atoms with Crippen molar-refractivity contribution in [3.05, 3.63) is 23.8 Å². The minimum absolute atomic E-state index is 0.173. The average Bonchev–Trinajstić information content (AvgIpc) is 2.27. The van der Waals surface area contributed by atoms with E-state index in [9.17, 15) is 9.90 Å². The summed E-state index contributed by atoms with van der Waals surface area (Å²) in [7, 11) is 1.38. The molecule has 1 unspecified atom stereocenters. The maximum atomic E-state index is 11.5. The third-order valence-corrected chi connectivity index (χ3v) is 2.64. The van der Waals surface area contributed by atoms with Crippen molar-refractivity contribution in [1.82, 2.24) is 0 Å². The van der Waals surface area contributed by atoms with E-state index in [1.54, 1.807) is 18.2 Å². The molecule has 0 amide bonds. The molecule has 0 saturated carbocycles. The molecule has 1 heterocycles. The van der Waals surface area contributed by atoms with Crippen LogP contribution in [0.15, 0.2) is 18.2 Å². The SMILES string of the molecule is COC(=O)C1CCNc2ccc(O)cc21. The maximum absolute atomic E-state index is 11.5. The van der Waals surface area contributed by atoms with Gasteiger partial charge in [-0.25, -0.2) is 0 Å². The molecule has 2 N–H and O–H groups in total. The normalized spacial score (nSPS) is 18.9. The summed E-state index contributed by atoms with van der Waals surface area (Å²) < 4.78 is 4.74. The molecule has 0 aliphatic carbocycles. The van der Waals surface area contributed by atoms with E-state index >= 15 is 0 Å². The van der Waals surface area contributed by atoms with E-state index in [1.807, 2.05) is 0 Å². The number of hydrogen-bond donors (Lipinski definition) is 2. The number of rotatable bonds is 1. The molecule has 1 aromatic carbocycles. The van der Waals surface area contributed by atoms with Crippen LogP contribution < -0.4 is 5.32 Å². The quantitative estimate of drug-likeness (QED) is 0.540. The summed E-state index contributed by atoms with van der Waals surface area (Å²) in [4.78, 5) is 11.5. The molecule has 2 rings (SSSR count). The highest BCUT2D eigenvalue weighted by molar-refractivity contribution is 5.81. The number of benzene rings is 1. The van der Waals surface area contributed by atoms with E-state index in [0.717, 1.165) is 17.8 Å². The van der Waals surface area contributed by atoms with E-state index in [4.69, 9.17) is 4.74 Å². The van der Waals surface area contributed by atoms with Gasteiger partial charge in [0.05, 0.1) is 13.0 Å². The van der Waals surface area contributed by atoms with Gasteiger partial charge in [-0.05, 0) is 30.2 Å². The number of methoxy groups -OCH3 is 1. The van der Waals surface area contributed by atoms with Crippen LogP contribution >= 0.6 is 0 Å². The Labute approximate surface area is 87.9 Å². The first-order valence-corrected chi connectivity index (χ1v) is 4.87. The highest BCUT2D eigenvalue weighted by atomic mass is 16.5. The van der Waals surface area contributed by atoms with Crippen LogP contribution in [-0.4, -0.2) is 24.7 Å². The fourth-order valence-electron chi connectivity index (χ4n) is 1.89. The van der Waals surface area contributed by atoms with Gasteiger partial charge in [-0.3, -0.25) is 4.79 Å². The molecule has 4 heteroatoms. The molecule has 0 aromatic heterocycles. The van der Waals surface area contributed by atoms with Crippen LogP contribution in [0.4, 0.5) is 5.69 Å². The standard InChI is InChI=1S/C11H13NO3/c1-15-11(14)8-4-5-12-10-3-2-7(13)6-9(8)10/h2-3,6,8,12-13H,4-5H2,1H3. The van der Waals surface area contributed by atoms with E-state index in [-0.39, 0.29) is 17.6 Å². The van der Waals surface area contributed by atoms with Crippen molar-refractivity contribution in [2.24, 2.45) is 0 Å². The Kier molecular flexibility index (Phi) is 2.49. The highest BCUT2D eigenvalue weighted by Crippen LogP contribution is 2.34. The first-order chi connectivity index (χ1) is 7.22. The number of nitrogens with one attached hydrogen (secondary N) is 1. The van der Waals surface area contributed by atoms with Crippen LogP contribution in [0.25, 0.3) is 0 Å². The van der Waals surface area contributed by atoms with Crippen LogP contribution in [0.5, 0.6) is 5.75 Å². The summed E-state index contributed by atoms with van der Waals surface area (Å²) >= 11 is 0. The lowest BCUT2D eigenvalue weighted by Gasteiger charge is -2.24. The van der Waals surface area contributed by atoms with Gasteiger partial charge >= 0.3 is 5.97 Å². The predicted molar refractivity (Wildman–Crippen MR) is 56.0 cm³/mol. The second-order valence-electron chi connectivity index (χ2n) is 3.56. The zero-order chi connectivity index (χ0) is 10.8. The fourth-order valence-corrected chi connectivity index (χ4v) is 1.89. The Morgan fingerprint density at radius 1 is 1.60 bits per heavy atom. The number of esters is 1. The molecule has 4 nitrogen and oxygen atoms in total. The lowest BCUT2D eigenvalue weighted by atomic mass is 9.91. The van der Waals surface area contributed by atoms with E-state index < -0.39 is 0 Å². The third-order valence-electron chi connectivity index (χ3n) is 2.64. The number of aromatic hydroxyl groups is 1. The van der Waals surface area contributed by atoms with Crippen LogP contribution in [-0.2, 0) is 9.53 Å². The number of carbonyl (C=O) groups is 1. The van der Waals surface area contributed by atoms with Crippen LogP contribution in [0, 0.1) is 0 Å². The van der Waals surface area contributed by atoms with Gasteiger partial charge in [0.25, 0.3) is 0 Å². The lowest BCUT2D eigenvalue weighted by molar-refractivity contribution is -0.142. The summed E-state index contributed by atoms with van der Waals surface area (Å²) in [5.74, 6) is -0.340. The van der Waals surface area contributed by atoms with Crippen molar-refractivity contribution in [1.29, 1.82) is 0 Å². The molecule has 0 saturated heterocycles. The highest BCUT2D eigenvalue weighted by Gasteiger charge is 2.27. The zero-order valence-electron chi connectivity index (χ0n) is 8.49. The van der Waals surface area contributed by atoms with Gasteiger partial charge in [0.15, 0.2) is 0 Å². The molecule has 1 atom stereocenters. The second-order valence-corrected chi connectivity index (χ2v) is 3.56. The van der Waals surface area contributed by atoms with Gasteiger partial charge in [-0.1, -0.05) is 0 Å². The Morgan fingerprint density at radius 3 is 3.13 bits per heavy atom. The largest absolute Gasteiger partial charge is 0.508 e. The van der Waals surface area contributed by atoms with Crippen LogP contribution in [0.1, 0.15) is 17.9 Å². The molecular formula is C11H13NO3. The Hall–Kier alpha value is -1.71. The number of hydrogen-bond acceptors (Lipinski definition) is 4. The second kappa shape index (κ2) is 3.81. The number of anilines is 1. The molecular weight excluding hydrogens is 194 g/mol. The van der Waals surface area contributed by atoms with Gasteiger partial charge in [-0.2, -0.15) is 0 Å². The molecule has 0 bridgehead atoms. The van der Waals surface area contributed by atoms with Crippen LogP contribution in [0.3, 0.4) is 0 Å². The summed E-state index contributed by atoms with van der Waals surface area (Å²) in [6.07, 6.45) is 0.698. The summed E-state index contributed by atoms with van der Waals surface area (Å²) in [5, 5.41) is 12.6. The topological polar surface area (TPSA) is 58.6 Å². The van der Waals surface area contributed by atoms with Gasteiger partial charge in [0.1, 0.15) is 5.75 Å². The Morgan fingerprint density at radius 2 is 2.40 bits per heavy atom. The third kappa shape index (κ3) is 1.75. The molecule has 0 radical (unpaired) electrons. The van der Waals surface area contributed by atoms with Gasteiger partial charge in [0.2, 0.25) is 0 Å². The number of phenols is 1.